The first-order valence-corrected chi connectivity index (χ1v) is 9.22. The molecule has 0 aromatic heterocycles. The lowest BCUT2D eigenvalue weighted by Gasteiger charge is -2.66. The fourth-order valence-electron chi connectivity index (χ4n) is 6.08. The lowest BCUT2D eigenvalue weighted by atomic mass is 9.46. The first-order valence-electron chi connectivity index (χ1n) is 9.22. The molecule has 2 atom stereocenters. The molecule has 0 aromatic carbocycles. The Hall–Kier alpha value is -1.08. The topological polar surface area (TPSA) is 44.8 Å². The monoisotopic (exact) mass is 374 g/mol. The van der Waals surface area contributed by atoms with Gasteiger partial charge in [0.25, 0.3) is 0 Å². The summed E-state index contributed by atoms with van der Waals surface area (Å²) in [5.41, 5.74) is -2.83. The van der Waals surface area contributed by atoms with Crippen molar-refractivity contribution < 1.29 is 32.2 Å². The summed E-state index contributed by atoms with van der Waals surface area (Å²) < 4.78 is 55.7. The minimum atomic E-state index is -4.76. The summed E-state index contributed by atoms with van der Waals surface area (Å²) in [5.74, 6) is -0.589. The van der Waals surface area contributed by atoms with Gasteiger partial charge in [-0.2, -0.15) is 13.2 Å². The van der Waals surface area contributed by atoms with E-state index in [1.54, 1.807) is 0 Å². The van der Waals surface area contributed by atoms with E-state index in [0.717, 1.165) is 19.3 Å². The molecule has 26 heavy (non-hydrogen) atoms. The number of alkyl halides is 3. The lowest BCUT2D eigenvalue weighted by Crippen LogP contribution is -2.68. The van der Waals surface area contributed by atoms with Crippen molar-refractivity contribution in [1.29, 1.82) is 0 Å². The van der Waals surface area contributed by atoms with Crippen LogP contribution in [0.5, 0.6) is 0 Å². The van der Waals surface area contributed by atoms with E-state index in [9.17, 15) is 18.0 Å². The van der Waals surface area contributed by atoms with E-state index in [1.165, 1.54) is 0 Å². The quantitative estimate of drug-likeness (QED) is 0.538. The molecule has 7 heteroatoms. The second-order valence-electron chi connectivity index (χ2n) is 9.19. The van der Waals surface area contributed by atoms with Crippen LogP contribution in [0, 0.1) is 17.8 Å². The molecule has 1 spiro atoms. The molecule has 1 saturated heterocycles. The van der Waals surface area contributed by atoms with Crippen LogP contribution in [0.25, 0.3) is 0 Å². The van der Waals surface area contributed by atoms with Gasteiger partial charge in [0.15, 0.2) is 0 Å². The van der Waals surface area contributed by atoms with Gasteiger partial charge in [-0.3, -0.25) is 0 Å². The fourth-order valence-corrected chi connectivity index (χ4v) is 6.08. The van der Waals surface area contributed by atoms with Crippen LogP contribution in [-0.2, 0) is 19.0 Å². The lowest BCUT2D eigenvalue weighted by molar-refractivity contribution is -0.329. The van der Waals surface area contributed by atoms with Gasteiger partial charge in [0.05, 0.1) is 11.2 Å². The van der Waals surface area contributed by atoms with Gasteiger partial charge in [-0.05, 0) is 63.7 Å². The zero-order chi connectivity index (χ0) is 19.0. The summed E-state index contributed by atoms with van der Waals surface area (Å²) in [6.45, 7) is 7.22. The maximum Gasteiger partial charge on any atom is 0.422 e. The predicted octanol–water partition coefficient (Wildman–Crippen LogP) is 4.14. The predicted molar refractivity (Wildman–Crippen MR) is 86.0 cm³/mol. The molecule has 5 fully saturated rings. The molecule has 4 nitrogen and oxygen atoms in total. The first kappa shape index (κ1) is 18.3. The second kappa shape index (κ2) is 5.47. The Morgan fingerprint density at radius 3 is 2.27 bits per heavy atom. The summed E-state index contributed by atoms with van der Waals surface area (Å²) in [7, 11) is 0. The van der Waals surface area contributed by atoms with Gasteiger partial charge in [0.1, 0.15) is 18.0 Å². The molecular formula is C19H25F3O4. The van der Waals surface area contributed by atoms with Gasteiger partial charge in [0, 0.05) is 6.42 Å². The van der Waals surface area contributed by atoms with Crippen LogP contribution < -0.4 is 0 Å². The SMILES string of the molecule is C=C(C(=O)OC12CC3CC(C1)C1(CC(C)(C)OCO1)C(C3)C2)C(F)(F)F. The highest BCUT2D eigenvalue weighted by molar-refractivity contribution is 5.89. The number of hydrogen-bond acceptors (Lipinski definition) is 4. The molecule has 146 valence electrons. The smallest absolute Gasteiger partial charge is 0.422 e. The van der Waals surface area contributed by atoms with Crippen LogP contribution in [0.2, 0.25) is 0 Å². The van der Waals surface area contributed by atoms with E-state index >= 15 is 0 Å². The normalized spacial score (nSPS) is 43.5. The Bertz CT molecular complexity index is 623. The van der Waals surface area contributed by atoms with Gasteiger partial charge in [0.2, 0.25) is 0 Å². The van der Waals surface area contributed by atoms with E-state index in [4.69, 9.17) is 14.2 Å². The van der Waals surface area contributed by atoms with Crippen LogP contribution in [0.1, 0.15) is 52.4 Å². The number of esters is 1. The number of ether oxygens (including phenoxy) is 3. The fraction of sp³-hybridized carbons (Fsp3) is 0.842. The minimum absolute atomic E-state index is 0.184. The van der Waals surface area contributed by atoms with Crippen LogP contribution >= 0.6 is 0 Å². The third-order valence-electron chi connectivity index (χ3n) is 6.89. The van der Waals surface area contributed by atoms with E-state index in [0.29, 0.717) is 25.2 Å². The largest absolute Gasteiger partial charge is 0.455 e. The van der Waals surface area contributed by atoms with Gasteiger partial charge >= 0.3 is 12.1 Å². The average molecular weight is 374 g/mol. The van der Waals surface area contributed by atoms with Crippen LogP contribution in [0.15, 0.2) is 12.2 Å². The number of halogens is 3. The minimum Gasteiger partial charge on any atom is -0.455 e. The number of rotatable bonds is 2. The van der Waals surface area contributed by atoms with Crippen molar-refractivity contribution in [3.63, 3.8) is 0 Å². The van der Waals surface area contributed by atoms with Crippen LogP contribution in [-0.4, -0.2) is 35.7 Å². The average Bonchev–Trinajstić information content (AvgIpc) is 2.49. The van der Waals surface area contributed by atoms with Gasteiger partial charge in [-0.25, -0.2) is 4.79 Å². The maximum atomic E-state index is 12.8. The summed E-state index contributed by atoms with van der Waals surface area (Å²) in [5, 5.41) is 0. The third kappa shape index (κ3) is 2.78. The van der Waals surface area contributed by atoms with Crippen molar-refractivity contribution >= 4 is 5.97 Å². The molecule has 0 aromatic rings. The zero-order valence-corrected chi connectivity index (χ0v) is 15.2. The Labute approximate surface area is 151 Å². The highest BCUT2D eigenvalue weighted by Crippen LogP contribution is 2.64. The Balaban J connectivity index is 1.56. The summed E-state index contributed by atoms with van der Waals surface area (Å²) in [6.07, 6.45) is -0.263. The Morgan fingerprint density at radius 1 is 1.12 bits per heavy atom. The molecular weight excluding hydrogens is 349 g/mol. The van der Waals surface area contributed by atoms with Crippen molar-refractivity contribution in [3.05, 3.63) is 12.2 Å². The van der Waals surface area contributed by atoms with Crippen molar-refractivity contribution in [3.8, 4) is 0 Å². The van der Waals surface area contributed by atoms with E-state index in [-0.39, 0.29) is 29.8 Å². The molecule has 1 heterocycles. The standard InChI is InChI=1S/C19H25F3O4/c1-11(19(20,21)22)15(23)26-17-6-12-4-13(7-17)18(14(5-12)8-17)9-16(2,3)24-10-25-18/h12-14H,1,4-10H2,2-3H3. The maximum absolute atomic E-state index is 12.8. The third-order valence-corrected chi connectivity index (χ3v) is 6.89. The number of carbonyl (C=O) groups excluding carboxylic acids is 1. The molecule has 0 N–H and O–H groups in total. The molecule has 2 unspecified atom stereocenters. The number of hydrogen-bond donors (Lipinski definition) is 0. The molecule has 5 aliphatic rings. The van der Waals surface area contributed by atoms with Crippen molar-refractivity contribution in [1.82, 2.24) is 0 Å². The highest BCUT2D eigenvalue weighted by Gasteiger charge is 2.66. The van der Waals surface area contributed by atoms with E-state index < -0.39 is 23.3 Å². The molecule has 1 aliphatic heterocycles. The Morgan fingerprint density at radius 2 is 1.73 bits per heavy atom. The molecule has 4 bridgehead atoms. The molecule has 4 aliphatic carbocycles. The molecule has 0 radical (unpaired) electrons. The molecule has 4 saturated carbocycles. The second-order valence-corrected chi connectivity index (χ2v) is 9.19. The summed E-state index contributed by atoms with van der Waals surface area (Å²) in [4.78, 5) is 12.1. The molecule has 5 rings (SSSR count). The van der Waals surface area contributed by atoms with Crippen LogP contribution in [0.4, 0.5) is 13.2 Å². The highest BCUT2D eigenvalue weighted by atomic mass is 19.4. The van der Waals surface area contributed by atoms with Gasteiger partial charge < -0.3 is 14.2 Å². The van der Waals surface area contributed by atoms with Crippen molar-refractivity contribution in [2.24, 2.45) is 17.8 Å². The number of carbonyl (C=O) groups is 1. The van der Waals surface area contributed by atoms with Crippen molar-refractivity contribution in [2.75, 3.05) is 6.79 Å². The van der Waals surface area contributed by atoms with E-state index in [2.05, 4.69) is 6.58 Å². The van der Waals surface area contributed by atoms with E-state index in [1.807, 2.05) is 13.8 Å². The summed E-state index contributed by atoms with van der Waals surface area (Å²) in [6, 6.07) is 0. The van der Waals surface area contributed by atoms with Gasteiger partial charge in [-0.15, -0.1) is 0 Å². The Kier molecular flexibility index (Phi) is 3.85. The first-order chi connectivity index (χ1) is 11.9. The van der Waals surface area contributed by atoms with Gasteiger partial charge in [-0.1, -0.05) is 6.58 Å². The zero-order valence-electron chi connectivity index (χ0n) is 15.2. The summed E-state index contributed by atoms with van der Waals surface area (Å²) >= 11 is 0. The van der Waals surface area contributed by atoms with Crippen molar-refractivity contribution in [2.45, 2.75) is 75.4 Å². The van der Waals surface area contributed by atoms with Crippen LogP contribution in [0.3, 0.4) is 0 Å². The molecule has 0 amide bonds.